The predicted octanol–water partition coefficient (Wildman–Crippen LogP) is 2.04. The summed E-state index contributed by atoms with van der Waals surface area (Å²) in [5.74, 6) is -1.34. The molecular weight excluding hydrogens is 289 g/mol. The molecule has 0 fully saturated rings. The molecule has 0 saturated heterocycles. The number of rotatable bonds is 5. The number of hydrogen-bond acceptors (Lipinski definition) is 4. The average Bonchev–Trinajstić information content (AvgIpc) is 2.49. The van der Waals surface area contributed by atoms with Crippen LogP contribution in [-0.4, -0.2) is 15.8 Å². The Kier molecular flexibility index (Phi) is 4.93. The van der Waals surface area contributed by atoms with E-state index in [0.29, 0.717) is 12.0 Å². The van der Waals surface area contributed by atoms with Crippen molar-refractivity contribution in [2.45, 2.75) is 26.2 Å². The highest BCUT2D eigenvalue weighted by atomic mass is 19.1. The predicted molar refractivity (Wildman–Crippen MR) is 78.1 cm³/mol. The lowest BCUT2D eigenvalue weighted by Gasteiger charge is -2.14. The molecule has 6 heteroatoms. The normalized spacial score (nSPS) is 10.5. The van der Waals surface area contributed by atoms with E-state index in [2.05, 4.69) is 0 Å². The summed E-state index contributed by atoms with van der Waals surface area (Å²) < 4.78 is 14.0. The van der Waals surface area contributed by atoms with Crippen LogP contribution in [0.25, 0.3) is 0 Å². The summed E-state index contributed by atoms with van der Waals surface area (Å²) in [6, 6.07) is 6.74. The Morgan fingerprint density at radius 3 is 2.59 bits per heavy atom. The van der Waals surface area contributed by atoms with Crippen molar-refractivity contribution in [3.63, 3.8) is 0 Å². The van der Waals surface area contributed by atoms with Crippen LogP contribution in [0.3, 0.4) is 0 Å². The van der Waals surface area contributed by atoms with Crippen LogP contribution >= 0.6 is 0 Å². The topological polar surface area (TPSA) is 68.5 Å². The summed E-state index contributed by atoms with van der Waals surface area (Å²) in [5.41, 5.74) is 0.242. The van der Waals surface area contributed by atoms with Crippen molar-refractivity contribution in [3.05, 3.63) is 63.8 Å². The number of aromatic nitrogens is 1. The second kappa shape index (κ2) is 6.89. The van der Waals surface area contributed by atoms with E-state index >= 15 is 0 Å². The molecule has 0 bridgehead atoms. The number of carbonyl (C=O) groups is 1. The van der Waals surface area contributed by atoms with E-state index in [-0.39, 0.29) is 24.4 Å². The molecule has 22 heavy (non-hydrogen) atoms. The summed E-state index contributed by atoms with van der Waals surface area (Å²) in [7, 11) is 0. The molecule has 0 amide bonds. The maximum Gasteiger partial charge on any atom is 0.332 e. The van der Waals surface area contributed by atoms with Gasteiger partial charge in [-0.15, -0.1) is 0 Å². The molecule has 0 atom stereocenters. The fourth-order valence-electron chi connectivity index (χ4n) is 1.95. The first kappa shape index (κ1) is 15.8. The molecule has 1 aromatic heterocycles. The lowest BCUT2D eigenvalue weighted by molar-refractivity contribution is -0.144. The monoisotopic (exact) mass is 305 g/mol. The van der Waals surface area contributed by atoms with Gasteiger partial charge in [-0.2, -0.15) is 4.73 Å². The third-order valence-corrected chi connectivity index (χ3v) is 3.07. The van der Waals surface area contributed by atoms with Gasteiger partial charge < -0.3 is 9.94 Å². The van der Waals surface area contributed by atoms with Gasteiger partial charge in [0.05, 0.1) is 0 Å². The molecule has 1 aromatic carbocycles. The van der Waals surface area contributed by atoms with Crippen LogP contribution in [0.4, 0.5) is 4.39 Å². The molecule has 2 rings (SSSR count). The highest BCUT2D eigenvalue weighted by molar-refractivity contribution is 5.69. The Hall–Kier alpha value is -2.63. The third-order valence-electron chi connectivity index (χ3n) is 3.07. The van der Waals surface area contributed by atoms with Crippen molar-refractivity contribution >= 4 is 5.97 Å². The SMILES string of the molecule is CCCC(=O)On1ccc(=O)c(O)c1Cc1ccc(F)cc1. The van der Waals surface area contributed by atoms with Crippen LogP contribution in [0, 0.1) is 5.82 Å². The molecule has 1 N–H and O–H groups in total. The number of pyridine rings is 1. The zero-order valence-electron chi connectivity index (χ0n) is 12.1. The van der Waals surface area contributed by atoms with Gasteiger partial charge >= 0.3 is 5.97 Å². The van der Waals surface area contributed by atoms with Crippen molar-refractivity contribution < 1.29 is 19.1 Å². The van der Waals surface area contributed by atoms with E-state index in [1.54, 1.807) is 0 Å². The van der Waals surface area contributed by atoms with E-state index in [0.717, 1.165) is 10.8 Å². The Morgan fingerprint density at radius 1 is 1.27 bits per heavy atom. The number of halogens is 1. The lowest BCUT2D eigenvalue weighted by Crippen LogP contribution is -2.24. The van der Waals surface area contributed by atoms with Gasteiger partial charge in [0.25, 0.3) is 0 Å². The number of nitrogens with zero attached hydrogens (tertiary/aromatic N) is 1. The Bertz CT molecular complexity index is 722. The van der Waals surface area contributed by atoms with Gasteiger partial charge in [-0.05, 0) is 24.1 Å². The minimum absolute atomic E-state index is 0.127. The number of carbonyl (C=O) groups excluding carboxylic acids is 1. The van der Waals surface area contributed by atoms with Crippen molar-refractivity contribution in [1.29, 1.82) is 0 Å². The first-order valence-corrected chi connectivity index (χ1v) is 6.90. The molecule has 2 aromatic rings. The Balaban J connectivity index is 2.34. The number of hydrogen-bond donors (Lipinski definition) is 1. The fourth-order valence-corrected chi connectivity index (χ4v) is 1.95. The maximum absolute atomic E-state index is 12.9. The molecule has 0 saturated carbocycles. The van der Waals surface area contributed by atoms with E-state index < -0.39 is 17.1 Å². The number of benzene rings is 1. The van der Waals surface area contributed by atoms with E-state index in [1.807, 2.05) is 6.92 Å². The molecule has 116 valence electrons. The summed E-state index contributed by atoms with van der Waals surface area (Å²) in [6.45, 7) is 1.84. The number of aromatic hydroxyl groups is 1. The van der Waals surface area contributed by atoms with E-state index in [4.69, 9.17) is 4.84 Å². The van der Waals surface area contributed by atoms with Crippen LogP contribution in [-0.2, 0) is 11.2 Å². The van der Waals surface area contributed by atoms with Gasteiger partial charge in [-0.3, -0.25) is 4.79 Å². The minimum Gasteiger partial charge on any atom is -0.503 e. The van der Waals surface area contributed by atoms with Crippen LogP contribution in [0.1, 0.15) is 31.0 Å². The highest BCUT2D eigenvalue weighted by Gasteiger charge is 2.14. The molecule has 1 heterocycles. The standard InChI is InChI=1S/C16H16FNO4/c1-2-3-15(20)22-18-9-8-14(19)16(21)13(18)10-11-4-6-12(17)7-5-11/h4-9,21H,2-3,10H2,1H3. The third kappa shape index (κ3) is 3.72. The lowest BCUT2D eigenvalue weighted by atomic mass is 10.1. The highest BCUT2D eigenvalue weighted by Crippen LogP contribution is 2.16. The molecule has 0 spiro atoms. The minimum atomic E-state index is -0.570. The van der Waals surface area contributed by atoms with Gasteiger partial charge in [-0.25, -0.2) is 9.18 Å². The van der Waals surface area contributed by atoms with Crippen molar-refractivity contribution in [2.24, 2.45) is 0 Å². The molecule has 0 aliphatic carbocycles. The molecule has 0 aliphatic heterocycles. The second-order valence-corrected chi connectivity index (χ2v) is 4.82. The first-order valence-electron chi connectivity index (χ1n) is 6.90. The zero-order chi connectivity index (χ0) is 16.1. The van der Waals surface area contributed by atoms with Gasteiger partial charge in [-0.1, -0.05) is 19.1 Å². The first-order chi connectivity index (χ1) is 10.5. The van der Waals surface area contributed by atoms with Crippen molar-refractivity contribution in [1.82, 2.24) is 4.73 Å². The van der Waals surface area contributed by atoms with E-state index in [1.165, 1.54) is 30.5 Å². The summed E-state index contributed by atoms with van der Waals surface area (Å²) >= 11 is 0. The van der Waals surface area contributed by atoms with Crippen molar-refractivity contribution in [3.8, 4) is 5.75 Å². The van der Waals surface area contributed by atoms with Gasteiger partial charge in [0.2, 0.25) is 5.43 Å². The largest absolute Gasteiger partial charge is 0.503 e. The van der Waals surface area contributed by atoms with Gasteiger partial charge in [0.15, 0.2) is 5.75 Å². The maximum atomic E-state index is 12.9. The average molecular weight is 305 g/mol. The van der Waals surface area contributed by atoms with E-state index in [9.17, 15) is 19.1 Å². The van der Waals surface area contributed by atoms with Crippen LogP contribution in [0.5, 0.6) is 5.75 Å². The molecular formula is C16H16FNO4. The quantitative estimate of drug-likeness (QED) is 0.918. The Labute approximate surface area is 126 Å². The van der Waals surface area contributed by atoms with Gasteiger partial charge in [0.1, 0.15) is 11.5 Å². The molecule has 5 nitrogen and oxygen atoms in total. The molecule has 0 aliphatic rings. The Morgan fingerprint density at radius 2 is 1.95 bits per heavy atom. The smallest absolute Gasteiger partial charge is 0.332 e. The summed E-state index contributed by atoms with van der Waals surface area (Å²) in [5, 5.41) is 9.94. The second-order valence-electron chi connectivity index (χ2n) is 4.82. The van der Waals surface area contributed by atoms with Gasteiger partial charge in [0, 0.05) is 25.1 Å². The molecule has 0 unspecified atom stereocenters. The fraction of sp³-hybridized carbons (Fsp3) is 0.250. The van der Waals surface area contributed by atoms with Crippen molar-refractivity contribution in [2.75, 3.05) is 0 Å². The van der Waals surface area contributed by atoms with Crippen LogP contribution in [0.15, 0.2) is 41.3 Å². The zero-order valence-corrected chi connectivity index (χ0v) is 12.1. The molecule has 0 radical (unpaired) electrons. The van der Waals surface area contributed by atoms with Crippen LogP contribution < -0.4 is 10.3 Å². The summed E-state index contributed by atoms with van der Waals surface area (Å²) in [6.07, 6.45) is 2.26. The van der Waals surface area contributed by atoms with Crippen LogP contribution in [0.2, 0.25) is 0 Å². The summed E-state index contributed by atoms with van der Waals surface area (Å²) in [4.78, 5) is 28.3.